The number of hydrogen-bond acceptors (Lipinski definition) is 2. The van der Waals surface area contributed by atoms with Crippen LogP contribution in [0.25, 0.3) is 0 Å². The molecule has 2 nitrogen and oxygen atoms in total. The van der Waals surface area contributed by atoms with E-state index in [9.17, 15) is 10.2 Å². The first-order valence-electron chi connectivity index (χ1n) is 13.9. The fourth-order valence-corrected chi connectivity index (χ4v) is 11.7. The Hall–Kier alpha value is -0.340. The zero-order chi connectivity index (χ0) is 23.2. The van der Waals surface area contributed by atoms with Gasteiger partial charge in [-0.3, -0.25) is 0 Å². The third-order valence-electron chi connectivity index (χ3n) is 13.5. The fraction of sp³-hybridized carbons (Fsp3) is 0.933. The summed E-state index contributed by atoms with van der Waals surface area (Å²) in [4.78, 5) is 0. The maximum absolute atomic E-state index is 10.6. The quantitative estimate of drug-likeness (QED) is 0.462. The molecule has 0 spiro atoms. The Balaban J connectivity index is 1.55. The van der Waals surface area contributed by atoms with Crippen LogP contribution in [0.5, 0.6) is 0 Å². The van der Waals surface area contributed by atoms with Crippen LogP contribution in [0.2, 0.25) is 0 Å². The lowest BCUT2D eigenvalue weighted by Crippen LogP contribution is -2.66. The minimum absolute atomic E-state index is 0.112. The van der Waals surface area contributed by atoms with Gasteiger partial charge in [-0.15, -0.1) is 0 Å². The molecule has 0 aromatic rings. The highest BCUT2D eigenvalue weighted by molar-refractivity contribution is 5.21. The van der Waals surface area contributed by atoms with Crippen LogP contribution < -0.4 is 0 Å². The smallest absolute Gasteiger partial charge is 0.0490 e. The number of aliphatic hydroxyl groups excluding tert-OH is 2. The van der Waals surface area contributed by atoms with Crippen molar-refractivity contribution in [2.75, 3.05) is 13.2 Å². The van der Waals surface area contributed by atoms with Crippen molar-refractivity contribution in [1.29, 1.82) is 0 Å². The van der Waals surface area contributed by atoms with Gasteiger partial charge >= 0.3 is 0 Å². The summed E-state index contributed by atoms with van der Waals surface area (Å²) in [5.41, 5.74) is 2.73. The summed E-state index contributed by atoms with van der Waals surface area (Å²) in [5.74, 6) is 3.39. The summed E-state index contributed by atoms with van der Waals surface area (Å²) in [6, 6.07) is 0. The van der Waals surface area contributed by atoms with Crippen LogP contribution in [-0.2, 0) is 0 Å². The summed E-state index contributed by atoms with van der Waals surface area (Å²) in [6.07, 6.45) is 14.1. The lowest BCUT2D eigenvalue weighted by molar-refractivity contribution is -0.242. The average molecular weight is 443 g/mol. The Morgan fingerprint density at radius 2 is 1.53 bits per heavy atom. The predicted octanol–water partition coefficient (Wildman–Crippen LogP) is 7.00. The van der Waals surface area contributed by atoms with Crippen LogP contribution in [0.4, 0.5) is 0 Å². The predicted molar refractivity (Wildman–Crippen MR) is 132 cm³/mol. The third-order valence-corrected chi connectivity index (χ3v) is 13.5. The first-order chi connectivity index (χ1) is 15.0. The van der Waals surface area contributed by atoms with E-state index in [-0.39, 0.29) is 10.8 Å². The molecule has 2 heteroatoms. The second kappa shape index (κ2) is 7.33. The first-order valence-corrected chi connectivity index (χ1v) is 13.9. The molecular weight excluding hydrogens is 392 g/mol. The molecule has 0 radical (unpaired) electrons. The topological polar surface area (TPSA) is 40.5 Å². The van der Waals surface area contributed by atoms with Crippen LogP contribution in [0.1, 0.15) is 105 Å². The lowest BCUT2D eigenvalue weighted by atomic mass is 9.32. The van der Waals surface area contributed by atoms with Gasteiger partial charge in [0.1, 0.15) is 0 Å². The minimum Gasteiger partial charge on any atom is -0.396 e. The second-order valence-corrected chi connectivity index (χ2v) is 14.4. The van der Waals surface area contributed by atoms with Gasteiger partial charge < -0.3 is 10.2 Å². The van der Waals surface area contributed by atoms with E-state index < -0.39 is 0 Å². The molecule has 5 saturated carbocycles. The Labute approximate surface area is 197 Å². The number of aliphatic hydroxyl groups is 2. The molecule has 0 heterocycles. The Morgan fingerprint density at radius 1 is 0.781 bits per heavy atom. The maximum Gasteiger partial charge on any atom is 0.0490 e. The number of rotatable bonds is 3. The van der Waals surface area contributed by atoms with E-state index >= 15 is 0 Å². The summed E-state index contributed by atoms with van der Waals surface area (Å²) in [7, 11) is 0. The van der Waals surface area contributed by atoms with Crippen molar-refractivity contribution < 1.29 is 10.2 Å². The van der Waals surface area contributed by atoms with Gasteiger partial charge in [-0.05, 0) is 128 Å². The van der Waals surface area contributed by atoms with E-state index in [0.29, 0.717) is 47.2 Å². The van der Waals surface area contributed by atoms with Crippen LogP contribution in [0.3, 0.4) is 0 Å². The first kappa shape index (κ1) is 23.4. The standard InChI is InChI=1S/C30H50O2/c1-20(2)21-10-15-30(19-32)17-16-28(5)22(25(21)30)8-9-24-27(4)13-7-12-26(3,18-31)23(27)11-14-29(24,28)6/h21-25,31-32H,1,7-19H2,2-6H3/t21-,22+,23-,24+,25+,26?,27-,28+,29+,30+/m0/s1. The zero-order valence-electron chi connectivity index (χ0n) is 21.7. The van der Waals surface area contributed by atoms with Gasteiger partial charge in [0, 0.05) is 13.2 Å². The van der Waals surface area contributed by atoms with Crippen molar-refractivity contribution >= 4 is 0 Å². The summed E-state index contributed by atoms with van der Waals surface area (Å²) >= 11 is 0. The largest absolute Gasteiger partial charge is 0.396 e. The van der Waals surface area contributed by atoms with E-state index in [1.165, 1.54) is 76.2 Å². The molecule has 5 aliphatic carbocycles. The summed E-state index contributed by atoms with van der Waals surface area (Å²) < 4.78 is 0. The summed E-state index contributed by atoms with van der Waals surface area (Å²) in [5, 5.41) is 21.1. The highest BCUT2D eigenvalue weighted by Crippen LogP contribution is 2.77. The number of allylic oxidation sites excluding steroid dienone is 1. The Bertz CT molecular complexity index is 775. The molecule has 0 saturated heterocycles. The zero-order valence-corrected chi connectivity index (χ0v) is 21.7. The van der Waals surface area contributed by atoms with E-state index in [4.69, 9.17) is 0 Å². The van der Waals surface area contributed by atoms with Crippen LogP contribution in [-0.4, -0.2) is 23.4 Å². The van der Waals surface area contributed by atoms with Crippen molar-refractivity contribution in [3.8, 4) is 0 Å². The van der Waals surface area contributed by atoms with Crippen molar-refractivity contribution in [2.24, 2.45) is 56.7 Å². The van der Waals surface area contributed by atoms with E-state index in [1.807, 2.05) is 0 Å². The van der Waals surface area contributed by atoms with Crippen LogP contribution >= 0.6 is 0 Å². The Kier molecular flexibility index (Phi) is 5.36. The molecule has 5 aliphatic rings. The van der Waals surface area contributed by atoms with E-state index in [2.05, 4.69) is 41.2 Å². The molecule has 0 amide bonds. The highest BCUT2D eigenvalue weighted by atomic mass is 16.3. The van der Waals surface area contributed by atoms with Crippen molar-refractivity contribution in [3.63, 3.8) is 0 Å². The molecule has 0 aliphatic heterocycles. The van der Waals surface area contributed by atoms with Gasteiger partial charge in [0.05, 0.1) is 0 Å². The second-order valence-electron chi connectivity index (χ2n) is 14.4. The highest BCUT2D eigenvalue weighted by Gasteiger charge is 2.70. The molecule has 32 heavy (non-hydrogen) atoms. The molecule has 10 atom stereocenters. The summed E-state index contributed by atoms with van der Waals surface area (Å²) in [6.45, 7) is 17.8. The molecule has 1 unspecified atom stereocenters. The lowest BCUT2D eigenvalue weighted by Gasteiger charge is -2.72. The van der Waals surface area contributed by atoms with Gasteiger partial charge in [0.2, 0.25) is 0 Å². The van der Waals surface area contributed by atoms with Crippen LogP contribution in [0, 0.1) is 56.7 Å². The monoisotopic (exact) mass is 442 g/mol. The van der Waals surface area contributed by atoms with Gasteiger partial charge in [0.15, 0.2) is 0 Å². The van der Waals surface area contributed by atoms with Crippen molar-refractivity contribution in [3.05, 3.63) is 12.2 Å². The van der Waals surface area contributed by atoms with E-state index in [1.54, 1.807) is 0 Å². The maximum atomic E-state index is 10.6. The van der Waals surface area contributed by atoms with Gasteiger partial charge in [-0.2, -0.15) is 0 Å². The van der Waals surface area contributed by atoms with Crippen LogP contribution in [0.15, 0.2) is 12.2 Å². The molecule has 0 aromatic carbocycles. The molecule has 0 bridgehead atoms. The normalized spacial score (nSPS) is 57.2. The SMILES string of the molecule is C=C(C)[C@@H]1CC[C@]2(CO)CC[C@]3(C)[C@H](CC[C@@H]4[C@@]5(C)CCCC(C)(CO)[C@@H]5CC[C@]43C)[C@@H]12. The average Bonchev–Trinajstić information content (AvgIpc) is 3.14. The molecular formula is C30H50O2. The van der Waals surface area contributed by atoms with Gasteiger partial charge in [-0.1, -0.05) is 46.3 Å². The third kappa shape index (κ3) is 2.72. The molecule has 2 N–H and O–H groups in total. The number of fused-ring (bicyclic) bond motifs is 7. The fourth-order valence-electron chi connectivity index (χ4n) is 11.7. The van der Waals surface area contributed by atoms with Crippen molar-refractivity contribution in [1.82, 2.24) is 0 Å². The van der Waals surface area contributed by atoms with Crippen molar-refractivity contribution in [2.45, 2.75) is 105 Å². The molecule has 5 rings (SSSR count). The van der Waals surface area contributed by atoms with Gasteiger partial charge in [-0.25, -0.2) is 0 Å². The minimum atomic E-state index is 0.112. The van der Waals surface area contributed by atoms with Gasteiger partial charge in [0.25, 0.3) is 0 Å². The molecule has 5 fully saturated rings. The Morgan fingerprint density at radius 3 is 2.19 bits per heavy atom. The molecule has 182 valence electrons. The number of hydrogen-bond donors (Lipinski definition) is 2. The van der Waals surface area contributed by atoms with E-state index in [0.717, 1.165) is 11.8 Å². The molecule has 0 aromatic heterocycles.